The van der Waals surface area contributed by atoms with Crippen LogP contribution < -0.4 is 5.32 Å². The number of nitrogens with zero attached hydrogens (tertiary/aromatic N) is 2. The van der Waals surface area contributed by atoms with Crippen LogP contribution in [-0.4, -0.2) is 47.2 Å². The lowest BCUT2D eigenvalue weighted by molar-refractivity contribution is -0.152. The Hall–Kier alpha value is -1.89. The van der Waals surface area contributed by atoms with Crippen LogP contribution in [0.3, 0.4) is 0 Å². The van der Waals surface area contributed by atoms with Gasteiger partial charge in [-0.3, -0.25) is 14.9 Å². The van der Waals surface area contributed by atoms with E-state index in [0.29, 0.717) is 18.9 Å². The Kier molecular flexibility index (Phi) is 4.39. The minimum Gasteiger partial charge on any atom is -0.375 e. The average molecular weight is 281 g/mol. The van der Waals surface area contributed by atoms with Crippen molar-refractivity contribution in [1.29, 1.82) is 0 Å². The molecule has 2 atom stereocenters. The van der Waals surface area contributed by atoms with E-state index < -0.39 is 11.8 Å². The summed E-state index contributed by atoms with van der Waals surface area (Å²) in [4.78, 5) is 25.8. The van der Waals surface area contributed by atoms with Crippen LogP contribution in [0.5, 0.6) is 0 Å². The molecular formula is C13H19N3O4. The lowest BCUT2D eigenvalue weighted by Crippen LogP contribution is -2.54. The molecule has 0 bridgehead atoms. The van der Waals surface area contributed by atoms with Gasteiger partial charge < -0.3 is 14.2 Å². The van der Waals surface area contributed by atoms with E-state index in [1.54, 1.807) is 17.9 Å². The highest BCUT2D eigenvalue weighted by molar-refractivity contribution is 6.39. The Morgan fingerprint density at radius 1 is 1.55 bits per heavy atom. The van der Waals surface area contributed by atoms with Gasteiger partial charge in [0.15, 0.2) is 5.82 Å². The monoisotopic (exact) mass is 281 g/mol. The first-order valence-electron chi connectivity index (χ1n) is 6.68. The molecule has 2 heterocycles. The van der Waals surface area contributed by atoms with Crippen LogP contribution in [0, 0.1) is 6.92 Å². The summed E-state index contributed by atoms with van der Waals surface area (Å²) < 4.78 is 10.4. The zero-order valence-electron chi connectivity index (χ0n) is 11.9. The van der Waals surface area contributed by atoms with E-state index >= 15 is 0 Å². The van der Waals surface area contributed by atoms with Crippen LogP contribution in [0.4, 0.5) is 5.82 Å². The first-order valence-corrected chi connectivity index (χ1v) is 6.68. The van der Waals surface area contributed by atoms with Crippen molar-refractivity contribution in [2.75, 3.05) is 18.5 Å². The molecule has 0 aromatic carbocycles. The lowest BCUT2D eigenvalue weighted by atomic mass is 10.1. The van der Waals surface area contributed by atoms with Crippen molar-refractivity contribution in [1.82, 2.24) is 10.1 Å². The molecule has 0 radical (unpaired) electrons. The molecule has 1 aromatic rings. The third kappa shape index (κ3) is 3.16. The molecular weight excluding hydrogens is 262 g/mol. The highest BCUT2D eigenvalue weighted by atomic mass is 16.5. The van der Waals surface area contributed by atoms with Gasteiger partial charge >= 0.3 is 11.8 Å². The zero-order valence-corrected chi connectivity index (χ0v) is 11.9. The smallest absolute Gasteiger partial charge is 0.315 e. The normalized spacial score (nSPS) is 22.6. The predicted octanol–water partition coefficient (Wildman–Crippen LogP) is 0.947. The molecule has 1 saturated heterocycles. The van der Waals surface area contributed by atoms with Crippen molar-refractivity contribution in [3.05, 3.63) is 11.8 Å². The molecule has 2 amide bonds. The highest BCUT2D eigenvalue weighted by Gasteiger charge is 2.33. The number of carbonyl (C=O) groups is 2. The molecule has 1 aliphatic heterocycles. The van der Waals surface area contributed by atoms with Crippen molar-refractivity contribution >= 4 is 17.6 Å². The van der Waals surface area contributed by atoms with Crippen LogP contribution >= 0.6 is 0 Å². The number of amides is 2. The molecule has 7 nitrogen and oxygen atoms in total. The summed E-state index contributed by atoms with van der Waals surface area (Å²) >= 11 is 0. The van der Waals surface area contributed by atoms with Crippen LogP contribution in [0.15, 0.2) is 10.6 Å². The molecule has 2 rings (SSSR count). The maximum Gasteiger partial charge on any atom is 0.315 e. The number of carbonyl (C=O) groups excluding carboxylic acids is 2. The number of anilines is 1. The zero-order chi connectivity index (χ0) is 14.7. The average Bonchev–Trinajstić information content (AvgIpc) is 2.83. The second-order valence-corrected chi connectivity index (χ2v) is 4.94. The van der Waals surface area contributed by atoms with Crippen molar-refractivity contribution in [3.8, 4) is 0 Å². The van der Waals surface area contributed by atoms with Crippen molar-refractivity contribution < 1.29 is 18.8 Å². The quantitative estimate of drug-likeness (QED) is 0.816. The van der Waals surface area contributed by atoms with Gasteiger partial charge in [0.25, 0.3) is 0 Å². The molecule has 0 spiro atoms. The maximum absolute atomic E-state index is 12.2. The Bertz CT molecular complexity index is 500. The summed E-state index contributed by atoms with van der Waals surface area (Å²) in [6.07, 6.45) is 0.679. The van der Waals surface area contributed by atoms with E-state index in [9.17, 15) is 9.59 Å². The summed E-state index contributed by atoms with van der Waals surface area (Å²) in [5.74, 6) is -0.451. The van der Waals surface area contributed by atoms with Crippen LogP contribution in [0.1, 0.15) is 26.0 Å². The van der Waals surface area contributed by atoms with Crippen molar-refractivity contribution in [2.24, 2.45) is 0 Å². The number of nitrogens with one attached hydrogen (secondary N) is 1. The van der Waals surface area contributed by atoms with E-state index in [-0.39, 0.29) is 18.0 Å². The van der Waals surface area contributed by atoms with Crippen molar-refractivity contribution in [2.45, 2.75) is 39.3 Å². The van der Waals surface area contributed by atoms with Gasteiger partial charge in [0.1, 0.15) is 5.76 Å². The first kappa shape index (κ1) is 14.5. The SMILES string of the molecule is CC[C@H]1CO[C@H](C)CN1C(=O)C(=O)Nc1cc(C)on1. The second kappa shape index (κ2) is 6.04. The molecule has 7 heteroatoms. The maximum atomic E-state index is 12.2. The number of aromatic nitrogens is 1. The van der Waals surface area contributed by atoms with Gasteiger partial charge in [-0.2, -0.15) is 0 Å². The molecule has 1 aromatic heterocycles. The topological polar surface area (TPSA) is 84.7 Å². The van der Waals surface area contributed by atoms with Gasteiger partial charge in [0.05, 0.1) is 18.8 Å². The fraction of sp³-hybridized carbons (Fsp3) is 0.615. The van der Waals surface area contributed by atoms with Gasteiger partial charge in [0, 0.05) is 12.6 Å². The first-order chi connectivity index (χ1) is 9.51. The standard InChI is InChI=1S/C13H19N3O4/c1-4-10-7-19-9(3)6-16(10)13(18)12(17)14-11-5-8(2)20-15-11/h5,9-10H,4,6-7H2,1-3H3,(H,14,15,17)/t9-,10+/m1/s1. The van der Waals surface area contributed by atoms with Crippen LogP contribution in [0.2, 0.25) is 0 Å². The van der Waals surface area contributed by atoms with E-state index in [0.717, 1.165) is 6.42 Å². The third-order valence-corrected chi connectivity index (χ3v) is 3.26. The minimum atomic E-state index is -0.703. The minimum absolute atomic E-state index is 0.0659. The van der Waals surface area contributed by atoms with Gasteiger partial charge in [-0.25, -0.2) is 0 Å². The van der Waals surface area contributed by atoms with Crippen LogP contribution in [0.25, 0.3) is 0 Å². The van der Waals surface area contributed by atoms with Gasteiger partial charge in [0.2, 0.25) is 0 Å². The Balaban J connectivity index is 2.02. The number of morpholine rings is 1. The Morgan fingerprint density at radius 3 is 2.90 bits per heavy atom. The third-order valence-electron chi connectivity index (χ3n) is 3.26. The summed E-state index contributed by atoms with van der Waals surface area (Å²) in [6.45, 7) is 6.43. The molecule has 110 valence electrons. The number of hydrogen-bond acceptors (Lipinski definition) is 5. The van der Waals surface area contributed by atoms with E-state index in [4.69, 9.17) is 9.26 Å². The second-order valence-electron chi connectivity index (χ2n) is 4.94. The molecule has 20 heavy (non-hydrogen) atoms. The highest BCUT2D eigenvalue weighted by Crippen LogP contribution is 2.15. The summed E-state index contributed by atoms with van der Waals surface area (Å²) in [5.41, 5.74) is 0. The van der Waals surface area contributed by atoms with Gasteiger partial charge in [-0.15, -0.1) is 0 Å². The van der Waals surface area contributed by atoms with E-state index in [1.165, 1.54) is 0 Å². The van der Waals surface area contributed by atoms with Crippen LogP contribution in [-0.2, 0) is 14.3 Å². The Labute approximate surface area is 117 Å². The fourth-order valence-electron chi connectivity index (χ4n) is 2.16. The number of hydrogen-bond donors (Lipinski definition) is 1. The van der Waals surface area contributed by atoms with Gasteiger partial charge in [-0.05, 0) is 20.3 Å². The summed E-state index contributed by atoms with van der Waals surface area (Å²) in [5, 5.41) is 6.08. The summed E-state index contributed by atoms with van der Waals surface area (Å²) in [7, 11) is 0. The number of ether oxygens (including phenoxy) is 1. The van der Waals surface area contributed by atoms with Crippen molar-refractivity contribution in [3.63, 3.8) is 0 Å². The summed E-state index contributed by atoms with van der Waals surface area (Å²) in [6, 6.07) is 1.49. The predicted molar refractivity (Wildman–Crippen MR) is 71.1 cm³/mol. The lowest BCUT2D eigenvalue weighted by Gasteiger charge is -2.37. The molecule has 0 unspecified atom stereocenters. The van der Waals surface area contributed by atoms with E-state index in [2.05, 4.69) is 10.5 Å². The van der Waals surface area contributed by atoms with Gasteiger partial charge in [-0.1, -0.05) is 12.1 Å². The molecule has 1 N–H and O–H groups in total. The molecule has 1 fully saturated rings. The largest absolute Gasteiger partial charge is 0.375 e. The fourth-order valence-corrected chi connectivity index (χ4v) is 2.16. The number of rotatable bonds is 2. The molecule has 1 aliphatic rings. The number of aryl methyl sites for hydroxylation is 1. The Morgan fingerprint density at radius 2 is 2.30 bits per heavy atom. The molecule has 0 aliphatic carbocycles. The van der Waals surface area contributed by atoms with E-state index in [1.807, 2.05) is 13.8 Å². The molecule has 0 saturated carbocycles.